The van der Waals surface area contributed by atoms with Crippen LogP contribution in [-0.4, -0.2) is 9.97 Å². The van der Waals surface area contributed by atoms with E-state index < -0.39 is 5.82 Å². The van der Waals surface area contributed by atoms with E-state index in [9.17, 15) is 4.39 Å². The molecule has 0 aliphatic carbocycles. The van der Waals surface area contributed by atoms with E-state index in [4.69, 9.17) is 27.9 Å². The zero-order valence-electron chi connectivity index (χ0n) is 10.2. The Morgan fingerprint density at radius 2 is 2.10 bits per heavy atom. The Bertz CT molecular complexity index is 827. The molecule has 108 valence electrons. The van der Waals surface area contributed by atoms with Crippen LogP contribution in [0.1, 0.15) is 5.82 Å². The van der Waals surface area contributed by atoms with E-state index in [1.165, 1.54) is 23.5 Å². The molecule has 3 aromatic rings. The summed E-state index contributed by atoms with van der Waals surface area (Å²) < 4.78 is 19.5. The first kappa shape index (κ1) is 15.0. The lowest BCUT2D eigenvalue weighted by Gasteiger charge is -2.08. The van der Waals surface area contributed by atoms with Crippen LogP contribution < -0.4 is 4.74 Å². The molecule has 0 spiro atoms. The number of hydrogen-bond acceptors (Lipinski definition) is 4. The lowest BCUT2D eigenvalue weighted by Crippen LogP contribution is -2.02. The van der Waals surface area contributed by atoms with Gasteiger partial charge in [-0.15, -0.1) is 11.3 Å². The number of aromatic nitrogens is 2. The van der Waals surface area contributed by atoms with Crippen molar-refractivity contribution in [3.8, 4) is 5.75 Å². The summed E-state index contributed by atoms with van der Waals surface area (Å²) in [5.74, 6) is 0.197. The monoisotopic (exact) mass is 406 g/mol. The maximum atomic E-state index is 13.4. The van der Waals surface area contributed by atoms with E-state index in [1.807, 2.05) is 11.4 Å². The molecule has 0 aliphatic heterocycles. The zero-order chi connectivity index (χ0) is 15.0. The fourth-order valence-electron chi connectivity index (χ4n) is 1.68. The molecule has 0 radical (unpaired) electrons. The summed E-state index contributed by atoms with van der Waals surface area (Å²) in [5.41, 5.74) is 0. The van der Waals surface area contributed by atoms with E-state index >= 15 is 0 Å². The molecule has 0 fully saturated rings. The van der Waals surface area contributed by atoms with Gasteiger partial charge in [-0.2, -0.15) is 0 Å². The number of fused-ring (bicyclic) bond motifs is 1. The lowest BCUT2D eigenvalue weighted by atomic mass is 10.3. The fraction of sp³-hybridized carbons (Fsp3) is 0.0769. The van der Waals surface area contributed by atoms with Gasteiger partial charge in [-0.3, -0.25) is 0 Å². The second-order valence-corrected chi connectivity index (χ2v) is 6.57. The molecule has 3 rings (SSSR count). The Labute approximate surface area is 141 Å². The van der Waals surface area contributed by atoms with Gasteiger partial charge in [0, 0.05) is 11.5 Å². The van der Waals surface area contributed by atoms with Crippen molar-refractivity contribution in [3.63, 3.8) is 0 Å². The number of ether oxygens (including phenoxy) is 1. The van der Waals surface area contributed by atoms with Crippen molar-refractivity contribution in [2.24, 2.45) is 0 Å². The summed E-state index contributed by atoms with van der Waals surface area (Å²) in [4.78, 5) is 9.29. The van der Waals surface area contributed by atoms with Crippen LogP contribution in [0.3, 0.4) is 0 Å². The fourth-order valence-corrected chi connectivity index (χ4v) is 3.52. The Morgan fingerprint density at radius 1 is 1.29 bits per heavy atom. The molecule has 1 aromatic carbocycles. The molecular weight excluding hydrogens is 402 g/mol. The minimum absolute atomic E-state index is 0.0218. The van der Waals surface area contributed by atoms with Crippen LogP contribution in [-0.2, 0) is 6.61 Å². The van der Waals surface area contributed by atoms with Crippen molar-refractivity contribution >= 4 is 60.7 Å². The van der Waals surface area contributed by atoms with Gasteiger partial charge in [0.25, 0.3) is 0 Å². The third-order valence-electron chi connectivity index (χ3n) is 2.66. The average Bonchev–Trinajstić information content (AvgIpc) is 2.90. The SMILES string of the molecule is Fc1cc(OCc2nc(Cl)c3ccsc3n2)c(Br)cc1Cl. The minimum Gasteiger partial charge on any atom is -0.484 e. The molecule has 0 saturated carbocycles. The predicted octanol–water partition coefficient (Wildman–Crippen LogP) is 5.48. The molecule has 0 unspecified atom stereocenters. The third kappa shape index (κ3) is 3.13. The number of thiophene rings is 1. The normalized spacial score (nSPS) is 11.0. The number of nitrogens with zero attached hydrogens (tertiary/aromatic N) is 2. The Hall–Kier alpha value is -0.950. The molecule has 21 heavy (non-hydrogen) atoms. The van der Waals surface area contributed by atoms with Gasteiger partial charge >= 0.3 is 0 Å². The lowest BCUT2D eigenvalue weighted by molar-refractivity contribution is 0.293. The first-order valence-electron chi connectivity index (χ1n) is 5.71. The highest BCUT2D eigenvalue weighted by Gasteiger charge is 2.11. The van der Waals surface area contributed by atoms with Crippen LogP contribution in [0.5, 0.6) is 5.75 Å². The number of benzene rings is 1. The van der Waals surface area contributed by atoms with Gasteiger partial charge < -0.3 is 4.74 Å². The van der Waals surface area contributed by atoms with Crippen molar-refractivity contribution in [2.75, 3.05) is 0 Å². The highest BCUT2D eigenvalue weighted by Crippen LogP contribution is 2.31. The quantitative estimate of drug-likeness (QED) is 0.426. The van der Waals surface area contributed by atoms with Crippen molar-refractivity contribution in [2.45, 2.75) is 6.61 Å². The van der Waals surface area contributed by atoms with Crippen LogP contribution in [0.2, 0.25) is 10.2 Å². The molecule has 0 bridgehead atoms. The first-order valence-corrected chi connectivity index (χ1v) is 8.14. The first-order chi connectivity index (χ1) is 10.0. The van der Waals surface area contributed by atoms with E-state index in [0.717, 1.165) is 10.2 Å². The Morgan fingerprint density at radius 3 is 2.90 bits per heavy atom. The Kier molecular flexibility index (Phi) is 4.31. The third-order valence-corrected chi connectivity index (χ3v) is 4.66. The second-order valence-electron chi connectivity index (χ2n) is 4.06. The van der Waals surface area contributed by atoms with Crippen LogP contribution in [0.25, 0.3) is 10.2 Å². The zero-order valence-corrected chi connectivity index (χ0v) is 14.2. The summed E-state index contributed by atoms with van der Waals surface area (Å²) in [5, 5.41) is 3.10. The molecule has 0 saturated heterocycles. The van der Waals surface area contributed by atoms with Gasteiger partial charge in [0.1, 0.15) is 28.2 Å². The maximum Gasteiger partial charge on any atom is 0.169 e. The van der Waals surface area contributed by atoms with E-state index in [0.29, 0.717) is 21.2 Å². The predicted molar refractivity (Wildman–Crippen MR) is 85.9 cm³/mol. The van der Waals surface area contributed by atoms with Crippen molar-refractivity contribution in [1.29, 1.82) is 0 Å². The van der Waals surface area contributed by atoms with Crippen LogP contribution >= 0.6 is 50.5 Å². The van der Waals surface area contributed by atoms with Gasteiger partial charge in [0.2, 0.25) is 0 Å². The molecule has 3 nitrogen and oxygen atoms in total. The average molecular weight is 408 g/mol. The highest BCUT2D eigenvalue weighted by atomic mass is 79.9. The van der Waals surface area contributed by atoms with Gasteiger partial charge in [-0.1, -0.05) is 23.2 Å². The number of hydrogen-bond donors (Lipinski definition) is 0. The molecule has 0 atom stereocenters. The number of rotatable bonds is 3. The van der Waals surface area contributed by atoms with Crippen LogP contribution in [0.4, 0.5) is 4.39 Å². The maximum absolute atomic E-state index is 13.4. The molecular formula is C13H6BrCl2FN2OS. The van der Waals surface area contributed by atoms with Crippen molar-refractivity contribution < 1.29 is 9.13 Å². The van der Waals surface area contributed by atoms with E-state index in [-0.39, 0.29) is 11.6 Å². The highest BCUT2D eigenvalue weighted by molar-refractivity contribution is 9.10. The topological polar surface area (TPSA) is 35.0 Å². The molecule has 2 aromatic heterocycles. The molecule has 2 heterocycles. The minimum atomic E-state index is -0.553. The summed E-state index contributed by atoms with van der Waals surface area (Å²) in [6, 6.07) is 4.50. The summed E-state index contributed by atoms with van der Waals surface area (Å²) >= 11 is 16.5. The number of halogens is 4. The van der Waals surface area contributed by atoms with E-state index in [1.54, 1.807) is 0 Å². The largest absolute Gasteiger partial charge is 0.484 e. The standard InChI is InChI=1S/C13H6BrCl2FN2OS/c14-7-3-8(15)9(17)4-10(7)20-5-11-18-12(16)6-1-2-21-13(6)19-11/h1-4H,5H2. The molecule has 0 N–H and O–H groups in total. The van der Waals surface area contributed by atoms with Crippen molar-refractivity contribution in [3.05, 3.63) is 49.9 Å². The van der Waals surface area contributed by atoms with Gasteiger partial charge in [0.15, 0.2) is 5.82 Å². The second kappa shape index (κ2) is 6.04. The summed E-state index contributed by atoms with van der Waals surface area (Å²) in [6.45, 7) is 0.0766. The Balaban J connectivity index is 1.85. The van der Waals surface area contributed by atoms with Gasteiger partial charge in [-0.05, 0) is 33.4 Å². The summed E-state index contributed by atoms with van der Waals surface area (Å²) in [6.07, 6.45) is 0. The van der Waals surface area contributed by atoms with Crippen LogP contribution in [0.15, 0.2) is 28.1 Å². The molecule has 0 amide bonds. The smallest absolute Gasteiger partial charge is 0.169 e. The van der Waals surface area contributed by atoms with E-state index in [2.05, 4.69) is 25.9 Å². The van der Waals surface area contributed by atoms with Gasteiger partial charge in [0.05, 0.1) is 9.50 Å². The van der Waals surface area contributed by atoms with Crippen molar-refractivity contribution in [1.82, 2.24) is 9.97 Å². The van der Waals surface area contributed by atoms with Crippen LogP contribution in [0, 0.1) is 5.82 Å². The molecule has 8 heteroatoms. The van der Waals surface area contributed by atoms with Gasteiger partial charge in [-0.25, -0.2) is 14.4 Å². The molecule has 0 aliphatic rings. The summed E-state index contributed by atoms with van der Waals surface area (Å²) in [7, 11) is 0.